The van der Waals surface area contributed by atoms with Gasteiger partial charge in [0.1, 0.15) is 5.75 Å². The maximum Gasteiger partial charge on any atom is 0.230 e. The van der Waals surface area contributed by atoms with E-state index >= 15 is 0 Å². The van der Waals surface area contributed by atoms with Gasteiger partial charge in [-0.15, -0.1) is 0 Å². The van der Waals surface area contributed by atoms with E-state index in [1.165, 1.54) is 0 Å². The third-order valence-electron chi connectivity index (χ3n) is 3.06. The average molecular weight is 287 g/mol. The van der Waals surface area contributed by atoms with Crippen LogP contribution < -0.4 is 5.73 Å². The summed E-state index contributed by atoms with van der Waals surface area (Å²) in [5, 5.41) is 0. The van der Waals surface area contributed by atoms with E-state index in [-0.39, 0.29) is 11.7 Å². The number of carbonyl (C=O) groups excluding carboxylic acids is 1. The number of rotatable bonds is 6. The van der Waals surface area contributed by atoms with Crippen LogP contribution in [0.4, 0.5) is 0 Å². The molecule has 0 spiro atoms. The van der Waals surface area contributed by atoms with E-state index in [9.17, 15) is 9.00 Å². The van der Waals surface area contributed by atoms with Crippen LogP contribution in [0.1, 0.15) is 17.0 Å². The molecule has 20 heavy (non-hydrogen) atoms. The minimum atomic E-state index is -1.26. The normalized spacial score (nSPS) is 12.2. The summed E-state index contributed by atoms with van der Waals surface area (Å²) >= 11 is 0. The molecule has 0 saturated heterocycles. The second-order valence-corrected chi connectivity index (χ2v) is 6.09. The highest BCUT2D eigenvalue weighted by molar-refractivity contribution is 7.85. The number of carbonyl (C=O) groups is 1. The summed E-state index contributed by atoms with van der Waals surface area (Å²) in [6, 6.07) is 19.8. The van der Waals surface area contributed by atoms with Gasteiger partial charge < -0.3 is 5.73 Å². The molecule has 0 saturated carbocycles. The van der Waals surface area contributed by atoms with Gasteiger partial charge in [0.2, 0.25) is 5.91 Å². The molecule has 0 aliphatic heterocycles. The molecule has 3 nitrogen and oxygen atoms in total. The lowest BCUT2D eigenvalue weighted by atomic mass is 9.93. The van der Waals surface area contributed by atoms with Gasteiger partial charge in [-0.3, -0.25) is 9.00 Å². The fourth-order valence-electron chi connectivity index (χ4n) is 2.16. The van der Waals surface area contributed by atoms with Crippen molar-refractivity contribution in [1.29, 1.82) is 0 Å². The number of primary amides is 1. The van der Waals surface area contributed by atoms with Crippen LogP contribution in [0.3, 0.4) is 0 Å². The number of benzene rings is 2. The molecule has 1 atom stereocenters. The maximum atomic E-state index is 12.0. The lowest BCUT2D eigenvalue weighted by molar-refractivity contribution is -0.115. The third-order valence-corrected chi connectivity index (χ3v) is 4.37. The number of nitrogens with two attached hydrogens (primary N) is 1. The molecule has 2 aromatic carbocycles. The quantitative estimate of drug-likeness (QED) is 0.884. The minimum absolute atomic E-state index is 0.0117. The van der Waals surface area contributed by atoms with Crippen LogP contribution >= 0.6 is 0 Å². The zero-order valence-electron chi connectivity index (χ0n) is 11.1. The SMILES string of the molecule is NC(=O)CS(=O)CC(c1ccccc1)c1ccccc1. The highest BCUT2D eigenvalue weighted by Crippen LogP contribution is 2.25. The molecule has 0 radical (unpaired) electrons. The van der Waals surface area contributed by atoms with E-state index in [1.54, 1.807) is 0 Å². The Labute approximate surface area is 121 Å². The molecule has 104 valence electrons. The van der Waals surface area contributed by atoms with Crippen LogP contribution in [0.25, 0.3) is 0 Å². The third kappa shape index (κ3) is 4.03. The molecule has 0 aliphatic carbocycles. The first kappa shape index (κ1) is 14.5. The largest absolute Gasteiger partial charge is 0.369 e. The standard InChI is InChI=1S/C16H17NO2S/c17-16(18)12-20(19)11-15(13-7-3-1-4-8-13)14-9-5-2-6-10-14/h1-10,15H,11-12H2,(H2,17,18). The van der Waals surface area contributed by atoms with Crippen molar-refractivity contribution in [1.82, 2.24) is 0 Å². The van der Waals surface area contributed by atoms with Crippen LogP contribution in [0.2, 0.25) is 0 Å². The Morgan fingerprint density at radius 3 is 1.80 bits per heavy atom. The Hall–Kier alpha value is -1.94. The average Bonchev–Trinajstić information content (AvgIpc) is 2.46. The number of hydrogen-bond donors (Lipinski definition) is 1. The van der Waals surface area contributed by atoms with Crippen molar-refractivity contribution in [3.63, 3.8) is 0 Å². The molecule has 0 bridgehead atoms. The van der Waals surface area contributed by atoms with Crippen molar-refractivity contribution in [2.24, 2.45) is 5.73 Å². The van der Waals surface area contributed by atoms with Crippen LogP contribution in [0, 0.1) is 0 Å². The van der Waals surface area contributed by atoms with E-state index in [1.807, 2.05) is 60.7 Å². The Kier molecular flexibility index (Phi) is 5.07. The summed E-state index contributed by atoms with van der Waals surface area (Å²) in [5.74, 6) is -0.201. The van der Waals surface area contributed by atoms with Crippen LogP contribution in [-0.4, -0.2) is 21.6 Å². The van der Waals surface area contributed by atoms with Gasteiger partial charge in [-0.25, -0.2) is 0 Å². The molecule has 2 rings (SSSR count). The van der Waals surface area contributed by atoms with Crippen molar-refractivity contribution in [2.45, 2.75) is 5.92 Å². The Balaban J connectivity index is 2.26. The Morgan fingerprint density at radius 1 is 0.950 bits per heavy atom. The first-order chi connectivity index (χ1) is 9.66. The van der Waals surface area contributed by atoms with Gasteiger partial charge in [0.15, 0.2) is 0 Å². The van der Waals surface area contributed by atoms with Crippen molar-refractivity contribution < 1.29 is 9.00 Å². The van der Waals surface area contributed by atoms with E-state index in [0.717, 1.165) is 11.1 Å². The van der Waals surface area contributed by atoms with Crippen molar-refractivity contribution in [3.8, 4) is 0 Å². The molecule has 0 aliphatic rings. The van der Waals surface area contributed by atoms with Crippen LogP contribution in [-0.2, 0) is 15.6 Å². The highest BCUT2D eigenvalue weighted by Gasteiger charge is 2.18. The number of amides is 1. The summed E-state index contributed by atoms with van der Waals surface area (Å²) < 4.78 is 12.0. The topological polar surface area (TPSA) is 60.2 Å². The van der Waals surface area contributed by atoms with Gasteiger partial charge in [-0.1, -0.05) is 60.7 Å². The maximum absolute atomic E-state index is 12.0. The predicted molar refractivity (Wildman–Crippen MR) is 81.8 cm³/mol. The van der Waals surface area contributed by atoms with Crippen molar-refractivity contribution in [2.75, 3.05) is 11.5 Å². The lowest BCUT2D eigenvalue weighted by Crippen LogP contribution is -2.23. The minimum Gasteiger partial charge on any atom is -0.369 e. The summed E-state index contributed by atoms with van der Waals surface area (Å²) in [4.78, 5) is 10.9. The smallest absolute Gasteiger partial charge is 0.230 e. The molecule has 0 aromatic heterocycles. The van der Waals surface area contributed by atoms with Gasteiger partial charge in [0, 0.05) is 22.5 Å². The second-order valence-electron chi connectivity index (χ2n) is 4.59. The zero-order chi connectivity index (χ0) is 14.4. The molecular formula is C16H17NO2S. The molecule has 4 heteroatoms. The molecular weight excluding hydrogens is 270 g/mol. The second kappa shape index (κ2) is 7.01. The fraction of sp³-hybridized carbons (Fsp3) is 0.188. The first-order valence-electron chi connectivity index (χ1n) is 6.40. The molecule has 0 heterocycles. The number of hydrogen-bond acceptors (Lipinski definition) is 2. The Bertz CT molecular complexity index is 544. The predicted octanol–water partition coefficient (Wildman–Crippen LogP) is 2.05. The highest BCUT2D eigenvalue weighted by atomic mass is 32.2. The summed E-state index contributed by atoms with van der Waals surface area (Å²) in [7, 11) is -1.26. The molecule has 1 amide bonds. The van der Waals surface area contributed by atoms with Gasteiger partial charge in [0.25, 0.3) is 0 Å². The Morgan fingerprint density at radius 2 is 1.40 bits per heavy atom. The molecule has 1 unspecified atom stereocenters. The summed E-state index contributed by atoms with van der Waals surface area (Å²) in [5.41, 5.74) is 7.30. The van der Waals surface area contributed by atoms with Gasteiger partial charge >= 0.3 is 0 Å². The summed E-state index contributed by atoms with van der Waals surface area (Å²) in [6.45, 7) is 0. The zero-order valence-corrected chi connectivity index (χ0v) is 11.9. The molecule has 2 N–H and O–H groups in total. The fourth-order valence-corrected chi connectivity index (χ4v) is 3.35. The lowest BCUT2D eigenvalue weighted by Gasteiger charge is -2.17. The van der Waals surface area contributed by atoms with Crippen molar-refractivity contribution in [3.05, 3.63) is 71.8 Å². The van der Waals surface area contributed by atoms with Gasteiger partial charge in [-0.05, 0) is 11.1 Å². The first-order valence-corrected chi connectivity index (χ1v) is 7.89. The van der Waals surface area contributed by atoms with Crippen molar-refractivity contribution >= 4 is 16.7 Å². The monoisotopic (exact) mass is 287 g/mol. The van der Waals surface area contributed by atoms with Crippen LogP contribution in [0.5, 0.6) is 0 Å². The molecule has 2 aromatic rings. The van der Waals surface area contributed by atoms with E-state index in [4.69, 9.17) is 5.73 Å². The van der Waals surface area contributed by atoms with E-state index < -0.39 is 16.7 Å². The van der Waals surface area contributed by atoms with E-state index in [2.05, 4.69) is 0 Å². The van der Waals surface area contributed by atoms with Gasteiger partial charge in [0.05, 0.1) is 0 Å². The van der Waals surface area contributed by atoms with Gasteiger partial charge in [-0.2, -0.15) is 0 Å². The van der Waals surface area contributed by atoms with E-state index in [0.29, 0.717) is 5.75 Å². The summed E-state index contributed by atoms with van der Waals surface area (Å²) in [6.07, 6.45) is 0. The van der Waals surface area contributed by atoms with Crippen LogP contribution in [0.15, 0.2) is 60.7 Å². The molecule has 0 fully saturated rings.